The lowest BCUT2D eigenvalue weighted by Gasteiger charge is -2.01. The summed E-state index contributed by atoms with van der Waals surface area (Å²) < 4.78 is 0. The zero-order valence-corrected chi connectivity index (χ0v) is 9.64. The second-order valence-corrected chi connectivity index (χ2v) is 3.36. The predicted octanol–water partition coefficient (Wildman–Crippen LogP) is 4.41. The maximum absolute atomic E-state index is 4.41. The van der Waals surface area contributed by atoms with Gasteiger partial charge in [0, 0.05) is 17.0 Å². The first-order valence-electron chi connectivity index (χ1n) is 5.68. The number of nitrogens with zero attached hydrogens (tertiary/aromatic N) is 1. The molecule has 0 spiro atoms. The summed E-state index contributed by atoms with van der Waals surface area (Å²) >= 11 is 0. The van der Waals surface area contributed by atoms with Crippen LogP contribution in [-0.2, 0) is 0 Å². The largest absolute Gasteiger partial charge is 0.256 e. The predicted molar refractivity (Wildman–Crippen MR) is 70.6 cm³/mol. The van der Waals surface area contributed by atoms with E-state index in [1.165, 1.54) is 16.2 Å². The van der Waals surface area contributed by atoms with Crippen molar-refractivity contribution in [1.82, 2.24) is 4.98 Å². The Hall–Kier alpha value is -1.89. The molecule has 0 N–H and O–H groups in total. The summed E-state index contributed by atoms with van der Waals surface area (Å²) in [6.07, 6.45) is 1.93. The van der Waals surface area contributed by atoms with Crippen molar-refractivity contribution in [2.45, 2.75) is 13.8 Å². The molecule has 1 nitrogen and oxygen atoms in total. The fourth-order valence-corrected chi connectivity index (χ4v) is 1.81. The lowest BCUT2D eigenvalue weighted by Crippen LogP contribution is -1.80. The van der Waals surface area contributed by atoms with Crippen LogP contribution in [-0.4, -0.2) is 4.98 Å². The smallest absolute Gasteiger partial charge is 0.0708 e. The van der Waals surface area contributed by atoms with Crippen LogP contribution in [0.2, 0.25) is 0 Å². The maximum Gasteiger partial charge on any atom is 0.0708 e. The van der Waals surface area contributed by atoms with Crippen molar-refractivity contribution < 1.29 is 0 Å². The van der Waals surface area contributed by atoms with Gasteiger partial charge >= 0.3 is 0 Å². The summed E-state index contributed by atoms with van der Waals surface area (Å²) in [6, 6.07) is 16.6. The van der Waals surface area contributed by atoms with Crippen LogP contribution in [0.1, 0.15) is 13.8 Å². The second-order valence-electron chi connectivity index (χ2n) is 3.36. The topological polar surface area (TPSA) is 12.9 Å². The number of hydrogen-bond donors (Lipinski definition) is 0. The first-order chi connectivity index (χ1) is 7.95. The maximum atomic E-state index is 4.41. The molecule has 2 aromatic carbocycles. The lowest BCUT2D eigenvalue weighted by molar-refractivity contribution is 1.44. The normalized spacial score (nSPS) is 9.88. The zero-order chi connectivity index (χ0) is 11.4. The molecule has 1 heteroatoms. The number of pyridine rings is 1. The molecule has 0 fully saturated rings. The average molecular weight is 209 g/mol. The molecule has 0 unspecified atom stereocenters. The van der Waals surface area contributed by atoms with Crippen molar-refractivity contribution in [3.63, 3.8) is 0 Å². The van der Waals surface area contributed by atoms with E-state index in [1.807, 2.05) is 38.2 Å². The molecule has 0 aliphatic heterocycles. The SMILES string of the molecule is CC.c1ccc2c(c1)cnc1ccccc12. The molecular weight excluding hydrogens is 194 g/mol. The van der Waals surface area contributed by atoms with Crippen LogP contribution in [0.3, 0.4) is 0 Å². The summed E-state index contributed by atoms with van der Waals surface area (Å²) in [5.74, 6) is 0. The molecule has 1 aromatic heterocycles. The van der Waals surface area contributed by atoms with E-state index in [-0.39, 0.29) is 0 Å². The number of para-hydroxylation sites is 1. The lowest BCUT2D eigenvalue weighted by atomic mass is 10.1. The molecule has 0 bridgehead atoms. The highest BCUT2D eigenvalue weighted by Gasteiger charge is 1.98. The number of fused-ring (bicyclic) bond motifs is 3. The van der Waals surface area contributed by atoms with Gasteiger partial charge in [-0.25, -0.2) is 0 Å². The second kappa shape index (κ2) is 4.75. The van der Waals surface area contributed by atoms with Crippen LogP contribution in [0.25, 0.3) is 21.7 Å². The molecule has 16 heavy (non-hydrogen) atoms. The van der Waals surface area contributed by atoms with Crippen molar-refractivity contribution in [3.05, 3.63) is 54.7 Å². The van der Waals surface area contributed by atoms with Gasteiger partial charge in [0.2, 0.25) is 0 Å². The molecule has 0 aliphatic carbocycles. The minimum absolute atomic E-state index is 1.06. The molecule has 0 saturated heterocycles. The van der Waals surface area contributed by atoms with Gasteiger partial charge in [0.05, 0.1) is 5.52 Å². The minimum atomic E-state index is 1.06. The molecule has 80 valence electrons. The highest BCUT2D eigenvalue weighted by Crippen LogP contribution is 2.22. The van der Waals surface area contributed by atoms with Crippen LogP contribution in [0, 0.1) is 0 Å². The first-order valence-corrected chi connectivity index (χ1v) is 5.68. The van der Waals surface area contributed by atoms with E-state index >= 15 is 0 Å². The quantitative estimate of drug-likeness (QED) is 0.499. The Morgan fingerprint density at radius 1 is 0.750 bits per heavy atom. The van der Waals surface area contributed by atoms with Gasteiger partial charge in [-0.1, -0.05) is 56.3 Å². The number of benzene rings is 2. The van der Waals surface area contributed by atoms with E-state index in [0.717, 1.165) is 5.52 Å². The highest BCUT2D eigenvalue weighted by atomic mass is 14.6. The highest BCUT2D eigenvalue weighted by molar-refractivity contribution is 6.05. The van der Waals surface area contributed by atoms with Gasteiger partial charge in [-0.15, -0.1) is 0 Å². The van der Waals surface area contributed by atoms with Crippen LogP contribution in [0.5, 0.6) is 0 Å². The van der Waals surface area contributed by atoms with E-state index in [0.29, 0.717) is 0 Å². The molecular formula is C15H15N. The molecule has 0 radical (unpaired) electrons. The van der Waals surface area contributed by atoms with Gasteiger partial charge in [0.25, 0.3) is 0 Å². The van der Waals surface area contributed by atoms with Crippen LogP contribution < -0.4 is 0 Å². The molecule has 1 heterocycles. The molecule has 0 aliphatic rings. The van der Waals surface area contributed by atoms with E-state index in [4.69, 9.17) is 0 Å². The van der Waals surface area contributed by atoms with Crippen LogP contribution in [0.15, 0.2) is 54.7 Å². The number of rotatable bonds is 0. The van der Waals surface area contributed by atoms with Crippen LogP contribution >= 0.6 is 0 Å². The molecule has 0 amide bonds. The monoisotopic (exact) mass is 209 g/mol. The Morgan fingerprint density at radius 2 is 1.38 bits per heavy atom. The Kier molecular flexibility index (Phi) is 3.16. The van der Waals surface area contributed by atoms with E-state index in [9.17, 15) is 0 Å². The molecule has 0 atom stereocenters. The van der Waals surface area contributed by atoms with E-state index in [2.05, 4.69) is 35.3 Å². The average Bonchev–Trinajstić information content (AvgIpc) is 2.41. The Labute approximate surface area is 95.8 Å². The third-order valence-electron chi connectivity index (χ3n) is 2.50. The molecule has 3 rings (SSSR count). The number of aromatic nitrogens is 1. The first kappa shape index (κ1) is 10.6. The summed E-state index contributed by atoms with van der Waals surface area (Å²) in [7, 11) is 0. The summed E-state index contributed by atoms with van der Waals surface area (Å²) in [5.41, 5.74) is 1.06. The van der Waals surface area contributed by atoms with Gasteiger partial charge in [-0.3, -0.25) is 4.98 Å². The van der Waals surface area contributed by atoms with Gasteiger partial charge in [-0.2, -0.15) is 0 Å². The van der Waals surface area contributed by atoms with Crippen LogP contribution in [0.4, 0.5) is 0 Å². The molecule has 3 aromatic rings. The Balaban J connectivity index is 0.000000457. The standard InChI is InChI=1S/C13H9N.C2H6/c1-2-6-11-10(5-1)9-14-13-8-4-3-7-12(11)13;1-2/h1-9H;1-2H3. The van der Waals surface area contributed by atoms with Gasteiger partial charge in [0.1, 0.15) is 0 Å². The van der Waals surface area contributed by atoms with E-state index < -0.39 is 0 Å². The van der Waals surface area contributed by atoms with Gasteiger partial charge in [0.15, 0.2) is 0 Å². The molecule has 0 saturated carbocycles. The fraction of sp³-hybridized carbons (Fsp3) is 0.133. The minimum Gasteiger partial charge on any atom is -0.256 e. The summed E-state index contributed by atoms with van der Waals surface area (Å²) in [6.45, 7) is 4.00. The van der Waals surface area contributed by atoms with Gasteiger partial charge in [-0.05, 0) is 11.5 Å². The van der Waals surface area contributed by atoms with Gasteiger partial charge < -0.3 is 0 Å². The summed E-state index contributed by atoms with van der Waals surface area (Å²) in [5, 5.41) is 3.70. The van der Waals surface area contributed by atoms with E-state index in [1.54, 1.807) is 0 Å². The third kappa shape index (κ3) is 1.76. The van der Waals surface area contributed by atoms with Crippen molar-refractivity contribution in [1.29, 1.82) is 0 Å². The van der Waals surface area contributed by atoms with Crippen molar-refractivity contribution in [2.24, 2.45) is 0 Å². The van der Waals surface area contributed by atoms with Crippen molar-refractivity contribution in [2.75, 3.05) is 0 Å². The third-order valence-corrected chi connectivity index (χ3v) is 2.50. The van der Waals surface area contributed by atoms with Crippen molar-refractivity contribution in [3.8, 4) is 0 Å². The van der Waals surface area contributed by atoms with Crippen molar-refractivity contribution >= 4 is 21.7 Å². The fourth-order valence-electron chi connectivity index (χ4n) is 1.81. The number of hydrogen-bond acceptors (Lipinski definition) is 1. The Bertz CT molecular complexity index is 544. The Morgan fingerprint density at radius 3 is 2.19 bits per heavy atom. The zero-order valence-electron chi connectivity index (χ0n) is 9.64. The summed E-state index contributed by atoms with van der Waals surface area (Å²) in [4.78, 5) is 4.41.